The predicted molar refractivity (Wildman–Crippen MR) is 136 cm³/mol. The second-order valence-electron chi connectivity index (χ2n) is 8.88. The Balaban J connectivity index is 1.58. The lowest BCUT2D eigenvalue weighted by Gasteiger charge is -2.23. The van der Waals surface area contributed by atoms with Crippen LogP contribution in [0.3, 0.4) is 0 Å². The molecule has 8 nitrogen and oxygen atoms in total. The molecule has 4 aromatic rings. The quantitative estimate of drug-likeness (QED) is 0.372. The fourth-order valence-corrected chi connectivity index (χ4v) is 4.47. The summed E-state index contributed by atoms with van der Waals surface area (Å²) in [6.07, 6.45) is 1.56. The number of ether oxygens (including phenoxy) is 1. The van der Waals surface area contributed by atoms with Crippen LogP contribution in [0.4, 0.5) is 18.9 Å². The number of rotatable bonds is 6. The van der Waals surface area contributed by atoms with Crippen molar-refractivity contribution in [1.82, 2.24) is 25.1 Å². The van der Waals surface area contributed by atoms with E-state index in [1.165, 1.54) is 13.3 Å². The van der Waals surface area contributed by atoms with E-state index in [1.54, 1.807) is 29.2 Å². The van der Waals surface area contributed by atoms with E-state index >= 15 is 0 Å². The third-order valence-corrected chi connectivity index (χ3v) is 6.40. The van der Waals surface area contributed by atoms with Crippen molar-refractivity contribution in [1.29, 1.82) is 0 Å². The summed E-state index contributed by atoms with van der Waals surface area (Å²) < 4.78 is 48.3. The Morgan fingerprint density at radius 3 is 2.63 bits per heavy atom. The molecular weight excluding hydrogens is 497 g/mol. The van der Waals surface area contributed by atoms with Crippen molar-refractivity contribution in [3.8, 4) is 34.1 Å². The van der Waals surface area contributed by atoms with Crippen molar-refractivity contribution in [2.75, 3.05) is 25.5 Å². The maximum atomic E-state index is 13.7. The van der Waals surface area contributed by atoms with Crippen molar-refractivity contribution in [2.24, 2.45) is 5.92 Å². The molecule has 2 aromatic heterocycles. The molecule has 0 aliphatic carbocycles. The van der Waals surface area contributed by atoms with Gasteiger partial charge in [-0.05, 0) is 62.3 Å². The van der Waals surface area contributed by atoms with Crippen LogP contribution < -0.4 is 15.4 Å². The highest BCUT2D eigenvalue weighted by molar-refractivity contribution is 5.98. The van der Waals surface area contributed by atoms with Crippen LogP contribution in [0.5, 0.6) is 5.75 Å². The van der Waals surface area contributed by atoms with Gasteiger partial charge < -0.3 is 15.4 Å². The number of alkyl halides is 3. The van der Waals surface area contributed by atoms with Crippen LogP contribution in [0.2, 0.25) is 0 Å². The van der Waals surface area contributed by atoms with Gasteiger partial charge in [0, 0.05) is 30.1 Å². The molecule has 0 spiro atoms. The van der Waals surface area contributed by atoms with Crippen LogP contribution >= 0.6 is 0 Å². The molecule has 3 heterocycles. The monoisotopic (exact) mass is 522 g/mol. The largest absolute Gasteiger partial charge is 0.496 e. The van der Waals surface area contributed by atoms with Crippen molar-refractivity contribution in [3.05, 3.63) is 72.7 Å². The lowest BCUT2D eigenvalue weighted by Crippen LogP contribution is -2.34. The average Bonchev–Trinajstić information content (AvgIpc) is 3.48. The first kappa shape index (κ1) is 25.4. The Labute approximate surface area is 216 Å². The van der Waals surface area contributed by atoms with Gasteiger partial charge in [0.1, 0.15) is 5.75 Å². The Kier molecular flexibility index (Phi) is 7.10. The van der Waals surface area contributed by atoms with Gasteiger partial charge in [-0.2, -0.15) is 18.3 Å². The number of methoxy groups -OCH3 is 1. The van der Waals surface area contributed by atoms with Crippen LogP contribution in [-0.4, -0.2) is 45.9 Å². The van der Waals surface area contributed by atoms with E-state index in [9.17, 15) is 18.0 Å². The average molecular weight is 523 g/mol. The number of aromatic nitrogens is 4. The molecule has 2 N–H and O–H groups in total. The number of nitrogens with one attached hydrogen (secondary N) is 2. The molecule has 1 aliphatic rings. The summed E-state index contributed by atoms with van der Waals surface area (Å²) >= 11 is 0. The zero-order valence-corrected chi connectivity index (χ0v) is 20.5. The fraction of sp³-hybridized carbons (Fsp3) is 0.259. The van der Waals surface area contributed by atoms with E-state index in [1.807, 2.05) is 24.3 Å². The van der Waals surface area contributed by atoms with Gasteiger partial charge in [0.05, 0.1) is 35.3 Å². The number of amides is 1. The van der Waals surface area contributed by atoms with Gasteiger partial charge in [0.25, 0.3) is 0 Å². The van der Waals surface area contributed by atoms with Gasteiger partial charge in [0.15, 0.2) is 5.82 Å². The summed E-state index contributed by atoms with van der Waals surface area (Å²) in [5, 5.41) is 10.2. The molecule has 0 radical (unpaired) electrons. The molecule has 0 saturated carbocycles. The highest BCUT2D eigenvalue weighted by Crippen LogP contribution is 2.42. The van der Waals surface area contributed by atoms with Gasteiger partial charge in [0.2, 0.25) is 5.91 Å². The Morgan fingerprint density at radius 2 is 1.92 bits per heavy atom. The fourth-order valence-electron chi connectivity index (χ4n) is 4.47. The van der Waals surface area contributed by atoms with Crippen LogP contribution in [0, 0.1) is 5.92 Å². The van der Waals surface area contributed by atoms with E-state index in [4.69, 9.17) is 4.74 Å². The minimum absolute atomic E-state index is 0.0184. The Bertz CT molecular complexity index is 1430. The number of nitrogens with zero attached hydrogens (tertiary/aromatic N) is 4. The minimum atomic E-state index is -4.64. The summed E-state index contributed by atoms with van der Waals surface area (Å²) in [6, 6.07) is 12.6. The second kappa shape index (κ2) is 10.6. The SMILES string of the molecule is COc1cc(C(F)(F)F)cc(NC(=O)C2CCNCC2)c1-c1ccnc(-c2cccc(-n3cccn3)c2)n1. The first-order valence-electron chi connectivity index (χ1n) is 12.1. The molecule has 196 valence electrons. The first-order valence-corrected chi connectivity index (χ1v) is 12.1. The molecule has 0 bridgehead atoms. The molecule has 0 unspecified atom stereocenters. The van der Waals surface area contributed by atoms with Crippen LogP contribution in [0.1, 0.15) is 18.4 Å². The lowest BCUT2D eigenvalue weighted by molar-refractivity contribution is -0.137. The second-order valence-corrected chi connectivity index (χ2v) is 8.88. The lowest BCUT2D eigenvalue weighted by atomic mass is 9.96. The molecule has 0 atom stereocenters. The third-order valence-electron chi connectivity index (χ3n) is 6.40. The van der Waals surface area contributed by atoms with E-state index in [-0.39, 0.29) is 28.8 Å². The summed E-state index contributed by atoms with van der Waals surface area (Å²) in [4.78, 5) is 22.1. The molecular formula is C27H25F3N6O2. The zero-order valence-electron chi connectivity index (χ0n) is 20.5. The van der Waals surface area contributed by atoms with Gasteiger partial charge in [-0.25, -0.2) is 14.6 Å². The third kappa shape index (κ3) is 5.37. The molecule has 2 aromatic carbocycles. The number of piperidine rings is 1. The molecule has 5 rings (SSSR count). The minimum Gasteiger partial charge on any atom is -0.496 e. The number of carbonyl (C=O) groups is 1. The topological polar surface area (TPSA) is 94.0 Å². The van der Waals surface area contributed by atoms with Gasteiger partial charge in [-0.15, -0.1) is 0 Å². The van der Waals surface area contributed by atoms with Gasteiger partial charge >= 0.3 is 6.18 Å². The first-order chi connectivity index (χ1) is 18.3. The molecule has 38 heavy (non-hydrogen) atoms. The van der Waals surface area contributed by atoms with E-state index in [2.05, 4.69) is 25.7 Å². The number of benzene rings is 2. The van der Waals surface area contributed by atoms with Crippen molar-refractivity contribution in [2.45, 2.75) is 19.0 Å². The molecule has 1 aliphatic heterocycles. The van der Waals surface area contributed by atoms with Gasteiger partial charge in [-0.3, -0.25) is 4.79 Å². The van der Waals surface area contributed by atoms with E-state index < -0.39 is 11.7 Å². The maximum Gasteiger partial charge on any atom is 0.416 e. The smallest absolute Gasteiger partial charge is 0.416 e. The molecule has 1 amide bonds. The van der Waals surface area contributed by atoms with Crippen molar-refractivity contribution < 1.29 is 22.7 Å². The summed E-state index contributed by atoms with van der Waals surface area (Å²) in [7, 11) is 1.28. The Hall–Kier alpha value is -4.25. The number of hydrogen-bond acceptors (Lipinski definition) is 6. The zero-order chi connectivity index (χ0) is 26.7. The van der Waals surface area contributed by atoms with E-state index in [0.29, 0.717) is 43.0 Å². The maximum absolute atomic E-state index is 13.7. The molecule has 11 heteroatoms. The standard InChI is InChI=1S/C27H25F3N6O2/c1-38-23-16-19(27(28,29)30)15-22(35-26(37)17-6-10-31-11-7-17)24(23)21-8-12-32-25(34-21)18-4-2-5-20(14-18)36-13-3-9-33-36/h2-5,8-9,12-17,31H,6-7,10-11H2,1H3,(H,35,37). The summed E-state index contributed by atoms with van der Waals surface area (Å²) in [5.74, 6) is -0.351. The normalized spacial score (nSPS) is 14.3. The Morgan fingerprint density at radius 1 is 1.11 bits per heavy atom. The van der Waals surface area contributed by atoms with Crippen molar-refractivity contribution >= 4 is 11.6 Å². The molecule has 1 saturated heterocycles. The summed E-state index contributed by atoms with van der Waals surface area (Å²) in [5.41, 5.74) is 1.09. The van der Waals surface area contributed by atoms with E-state index in [0.717, 1.165) is 17.8 Å². The van der Waals surface area contributed by atoms with Crippen molar-refractivity contribution in [3.63, 3.8) is 0 Å². The van der Waals surface area contributed by atoms with Crippen LogP contribution in [0.25, 0.3) is 28.3 Å². The predicted octanol–water partition coefficient (Wildman–Crippen LogP) is 4.96. The number of halogens is 3. The molecule has 1 fully saturated rings. The number of carbonyl (C=O) groups excluding carboxylic acids is 1. The summed E-state index contributed by atoms with van der Waals surface area (Å²) in [6.45, 7) is 1.34. The van der Waals surface area contributed by atoms with Crippen LogP contribution in [0.15, 0.2) is 67.1 Å². The van der Waals surface area contributed by atoms with Crippen LogP contribution in [-0.2, 0) is 11.0 Å². The highest BCUT2D eigenvalue weighted by atomic mass is 19.4. The number of anilines is 1. The highest BCUT2D eigenvalue weighted by Gasteiger charge is 2.34. The van der Waals surface area contributed by atoms with Gasteiger partial charge in [-0.1, -0.05) is 12.1 Å². The number of hydrogen-bond donors (Lipinski definition) is 2.